The standard InChI is InChI=1S/C7H9F3O3/c1-4(7(8,9)10)5(11)3-6(12)13-2/h3-4,11H,1-2H3. The SMILES string of the molecule is COC(=O)C=C(O)C(C)C(F)(F)F. The number of carbonyl (C=O) groups is 1. The van der Waals surface area contributed by atoms with Crippen LogP contribution in [0.4, 0.5) is 13.2 Å². The van der Waals surface area contributed by atoms with E-state index >= 15 is 0 Å². The Bertz CT molecular complexity index is 220. The van der Waals surface area contributed by atoms with Gasteiger partial charge in [-0.2, -0.15) is 13.2 Å². The lowest BCUT2D eigenvalue weighted by molar-refractivity contribution is -0.166. The summed E-state index contributed by atoms with van der Waals surface area (Å²) in [6, 6.07) is 0. The number of halogens is 3. The maximum atomic E-state index is 11.9. The first kappa shape index (κ1) is 11.8. The van der Waals surface area contributed by atoms with Crippen LogP contribution in [0.2, 0.25) is 0 Å². The van der Waals surface area contributed by atoms with Crippen LogP contribution in [0.1, 0.15) is 6.92 Å². The van der Waals surface area contributed by atoms with Gasteiger partial charge < -0.3 is 9.84 Å². The van der Waals surface area contributed by atoms with Crippen molar-refractivity contribution in [2.75, 3.05) is 7.11 Å². The molecular weight excluding hydrogens is 189 g/mol. The highest BCUT2D eigenvalue weighted by molar-refractivity contribution is 5.82. The Morgan fingerprint density at radius 2 is 2.00 bits per heavy atom. The topological polar surface area (TPSA) is 46.5 Å². The molecule has 0 fully saturated rings. The predicted molar refractivity (Wildman–Crippen MR) is 37.9 cm³/mol. The largest absolute Gasteiger partial charge is 0.511 e. The minimum absolute atomic E-state index is 0.401. The van der Waals surface area contributed by atoms with Gasteiger partial charge in [-0.1, -0.05) is 0 Å². The lowest BCUT2D eigenvalue weighted by atomic mass is 10.1. The van der Waals surface area contributed by atoms with Crippen molar-refractivity contribution < 1.29 is 27.8 Å². The maximum Gasteiger partial charge on any atom is 0.398 e. The molecular formula is C7H9F3O3. The molecule has 0 aliphatic rings. The normalized spacial score (nSPS) is 15.3. The van der Waals surface area contributed by atoms with Gasteiger partial charge in [0.15, 0.2) is 0 Å². The molecule has 3 nitrogen and oxygen atoms in total. The third-order valence-corrected chi connectivity index (χ3v) is 1.40. The molecule has 0 saturated carbocycles. The number of hydrogen-bond donors (Lipinski definition) is 1. The summed E-state index contributed by atoms with van der Waals surface area (Å²) in [4.78, 5) is 10.4. The Labute approximate surface area is 72.8 Å². The second kappa shape index (κ2) is 4.15. The van der Waals surface area contributed by atoms with Gasteiger partial charge in [0.2, 0.25) is 0 Å². The van der Waals surface area contributed by atoms with E-state index in [0.29, 0.717) is 6.08 Å². The Kier molecular flexibility index (Phi) is 3.77. The monoisotopic (exact) mass is 198 g/mol. The molecule has 0 spiro atoms. The number of aliphatic hydroxyl groups is 1. The highest BCUT2D eigenvalue weighted by Crippen LogP contribution is 2.29. The van der Waals surface area contributed by atoms with Crippen LogP contribution >= 0.6 is 0 Å². The first-order chi connectivity index (χ1) is 5.79. The Hall–Kier alpha value is -1.20. The van der Waals surface area contributed by atoms with Gasteiger partial charge in [0, 0.05) is 0 Å². The molecule has 1 unspecified atom stereocenters. The average Bonchev–Trinajstić information content (AvgIpc) is 2.01. The molecule has 0 amide bonds. The van der Waals surface area contributed by atoms with Crippen LogP contribution in [0.25, 0.3) is 0 Å². The Morgan fingerprint density at radius 1 is 1.54 bits per heavy atom. The highest BCUT2D eigenvalue weighted by Gasteiger charge is 2.39. The first-order valence-corrected chi connectivity index (χ1v) is 3.34. The highest BCUT2D eigenvalue weighted by atomic mass is 19.4. The van der Waals surface area contributed by atoms with Crippen molar-refractivity contribution in [3.8, 4) is 0 Å². The number of carbonyl (C=O) groups excluding carboxylic acids is 1. The van der Waals surface area contributed by atoms with Crippen LogP contribution in [0.15, 0.2) is 11.8 Å². The second-order valence-corrected chi connectivity index (χ2v) is 2.36. The van der Waals surface area contributed by atoms with Crippen molar-refractivity contribution in [2.24, 2.45) is 5.92 Å². The summed E-state index contributed by atoms with van der Waals surface area (Å²) in [5.74, 6) is -4.14. The van der Waals surface area contributed by atoms with Gasteiger partial charge in [-0.3, -0.25) is 0 Å². The summed E-state index contributed by atoms with van der Waals surface area (Å²) >= 11 is 0. The molecule has 0 aromatic heterocycles. The number of alkyl halides is 3. The average molecular weight is 198 g/mol. The summed E-state index contributed by atoms with van der Waals surface area (Å²) in [5.41, 5.74) is 0. The van der Waals surface area contributed by atoms with Gasteiger partial charge in [-0.05, 0) is 6.92 Å². The number of ether oxygens (including phenoxy) is 1. The second-order valence-electron chi connectivity index (χ2n) is 2.36. The van der Waals surface area contributed by atoms with Gasteiger partial charge in [0.25, 0.3) is 0 Å². The van der Waals surface area contributed by atoms with Gasteiger partial charge in [0.1, 0.15) is 11.7 Å². The molecule has 1 N–H and O–H groups in total. The van der Waals surface area contributed by atoms with Gasteiger partial charge >= 0.3 is 12.1 Å². The van der Waals surface area contributed by atoms with Crippen molar-refractivity contribution in [1.29, 1.82) is 0 Å². The molecule has 0 aromatic carbocycles. The lowest BCUT2D eigenvalue weighted by Crippen LogP contribution is -2.22. The molecule has 6 heteroatoms. The molecule has 0 bridgehead atoms. The van der Waals surface area contributed by atoms with E-state index in [1.807, 2.05) is 0 Å². The number of esters is 1. The lowest BCUT2D eigenvalue weighted by Gasteiger charge is -2.13. The van der Waals surface area contributed by atoms with Crippen LogP contribution in [0.3, 0.4) is 0 Å². The Balaban J connectivity index is 4.51. The quantitative estimate of drug-likeness (QED) is 0.418. The van der Waals surface area contributed by atoms with Crippen molar-refractivity contribution in [1.82, 2.24) is 0 Å². The molecule has 0 aliphatic carbocycles. The van der Waals surface area contributed by atoms with E-state index in [1.165, 1.54) is 0 Å². The zero-order chi connectivity index (χ0) is 10.6. The summed E-state index contributed by atoms with van der Waals surface area (Å²) in [5, 5.41) is 8.80. The van der Waals surface area contributed by atoms with Crippen molar-refractivity contribution >= 4 is 5.97 Å². The summed E-state index contributed by atoms with van der Waals surface area (Å²) in [7, 11) is 1.00. The molecule has 76 valence electrons. The number of methoxy groups -OCH3 is 1. The number of hydrogen-bond acceptors (Lipinski definition) is 3. The minimum atomic E-state index is -4.56. The zero-order valence-electron chi connectivity index (χ0n) is 7.05. The number of aliphatic hydroxyl groups excluding tert-OH is 1. The van der Waals surface area contributed by atoms with E-state index in [-0.39, 0.29) is 0 Å². The smallest absolute Gasteiger partial charge is 0.398 e. The summed E-state index contributed by atoms with van der Waals surface area (Å²) < 4.78 is 39.7. The van der Waals surface area contributed by atoms with Crippen LogP contribution in [-0.2, 0) is 9.53 Å². The third-order valence-electron chi connectivity index (χ3n) is 1.40. The van der Waals surface area contributed by atoms with Crippen LogP contribution < -0.4 is 0 Å². The maximum absolute atomic E-state index is 11.9. The molecule has 0 rings (SSSR count). The van der Waals surface area contributed by atoms with E-state index in [4.69, 9.17) is 5.11 Å². The van der Waals surface area contributed by atoms with Gasteiger partial charge in [-0.25, -0.2) is 4.79 Å². The molecule has 0 aromatic rings. The van der Waals surface area contributed by atoms with Crippen LogP contribution in [-0.4, -0.2) is 24.4 Å². The number of rotatable bonds is 2. The molecule has 13 heavy (non-hydrogen) atoms. The van der Waals surface area contributed by atoms with Gasteiger partial charge in [0.05, 0.1) is 13.2 Å². The number of allylic oxidation sites excluding steroid dienone is 1. The van der Waals surface area contributed by atoms with Crippen LogP contribution in [0.5, 0.6) is 0 Å². The first-order valence-electron chi connectivity index (χ1n) is 3.34. The van der Waals surface area contributed by atoms with Crippen molar-refractivity contribution in [3.05, 3.63) is 11.8 Å². The van der Waals surface area contributed by atoms with Crippen molar-refractivity contribution in [2.45, 2.75) is 13.1 Å². The summed E-state index contributed by atoms with van der Waals surface area (Å²) in [6.45, 7) is 0.745. The predicted octanol–water partition coefficient (Wildman–Crippen LogP) is 1.80. The van der Waals surface area contributed by atoms with Crippen LogP contribution in [0, 0.1) is 5.92 Å². The fourth-order valence-corrected chi connectivity index (χ4v) is 0.472. The van der Waals surface area contributed by atoms with E-state index in [9.17, 15) is 18.0 Å². The summed E-state index contributed by atoms with van der Waals surface area (Å²) in [6.07, 6.45) is -4.16. The molecule has 0 radical (unpaired) electrons. The minimum Gasteiger partial charge on any atom is -0.511 e. The Morgan fingerprint density at radius 3 is 2.31 bits per heavy atom. The van der Waals surface area contributed by atoms with E-state index in [1.54, 1.807) is 0 Å². The molecule has 0 saturated heterocycles. The van der Waals surface area contributed by atoms with E-state index < -0.39 is 23.8 Å². The third kappa shape index (κ3) is 3.82. The van der Waals surface area contributed by atoms with Gasteiger partial charge in [-0.15, -0.1) is 0 Å². The van der Waals surface area contributed by atoms with Crippen molar-refractivity contribution in [3.63, 3.8) is 0 Å². The van der Waals surface area contributed by atoms with E-state index in [2.05, 4.69) is 4.74 Å². The fraction of sp³-hybridized carbons (Fsp3) is 0.571. The molecule has 0 heterocycles. The molecule has 0 aliphatic heterocycles. The fourth-order valence-electron chi connectivity index (χ4n) is 0.472. The zero-order valence-corrected chi connectivity index (χ0v) is 7.05. The van der Waals surface area contributed by atoms with E-state index in [0.717, 1.165) is 14.0 Å². The molecule has 1 atom stereocenters.